The molecule has 2 aliphatic rings. The number of carbonyl (C=O) groups is 1. The van der Waals surface area contributed by atoms with Gasteiger partial charge >= 0.3 is 0 Å². The summed E-state index contributed by atoms with van der Waals surface area (Å²) in [6.07, 6.45) is 3.95. The molecule has 0 saturated heterocycles. The van der Waals surface area contributed by atoms with Crippen LogP contribution in [0.25, 0.3) is 16.3 Å². The molecule has 0 amide bonds. The van der Waals surface area contributed by atoms with Crippen molar-refractivity contribution < 1.29 is 43.6 Å². The van der Waals surface area contributed by atoms with Crippen LogP contribution in [0.5, 0.6) is 0 Å². The quantitative estimate of drug-likeness (QED) is 0.207. The minimum atomic E-state index is -0.0616. The van der Waals surface area contributed by atoms with Crippen molar-refractivity contribution in [1.29, 1.82) is 0 Å². The summed E-state index contributed by atoms with van der Waals surface area (Å²) in [4.78, 5) is 18.9. The Bertz CT molecular complexity index is 1410. The molecular weight excluding hydrogens is 617 g/mol. The minimum absolute atomic E-state index is 0. The first-order valence-electron chi connectivity index (χ1n) is 12.3. The molecule has 6 nitrogen and oxygen atoms in total. The zero-order valence-corrected chi connectivity index (χ0v) is 24.6. The number of thioether (sulfide) groups is 1. The summed E-state index contributed by atoms with van der Waals surface area (Å²) in [5, 5.41) is 21.5. The molecule has 3 aromatic rings. The standard InChI is InChI=1S/C28H30N3O3S2.HI/c1-3-30-21-9-5-7-11-23(21)35-25(30)17-19-27(29(13-15-32)14-16-33)20(28(19)34)18-26-31(4-2)22-10-6-8-12-24(22)36-26;/h5-12,17-18,32-33H,3-4,13-16H2,1-2H3;1H/q+1;/p-1. The third-order valence-corrected chi connectivity index (χ3v) is 8.72. The third kappa shape index (κ3) is 5.12. The molecule has 0 fully saturated rings. The van der Waals surface area contributed by atoms with Crippen molar-refractivity contribution in [3.63, 3.8) is 0 Å². The van der Waals surface area contributed by atoms with E-state index in [0.717, 1.165) is 40.0 Å². The summed E-state index contributed by atoms with van der Waals surface area (Å²) in [5.74, 6) is -0.00824. The number of rotatable bonds is 9. The number of Topliss-reactive ketones (excluding diaryl/α,β-unsaturated/α-hetero) is 1. The Morgan fingerprint density at radius 3 is 2.41 bits per heavy atom. The number of para-hydroxylation sites is 2. The first-order valence-corrected chi connectivity index (χ1v) is 13.9. The number of nitrogens with zero attached hydrogens (tertiary/aromatic N) is 3. The summed E-state index contributed by atoms with van der Waals surface area (Å²) in [6.45, 7) is 6.37. The molecule has 1 aromatic heterocycles. The molecule has 5 rings (SSSR count). The molecule has 0 saturated carbocycles. The number of benzene rings is 2. The van der Waals surface area contributed by atoms with Gasteiger partial charge in [-0.1, -0.05) is 47.4 Å². The summed E-state index contributed by atoms with van der Waals surface area (Å²) >= 11 is 3.33. The van der Waals surface area contributed by atoms with Crippen LogP contribution in [0.2, 0.25) is 0 Å². The average molecular weight is 648 g/mol. The second kappa shape index (κ2) is 12.1. The third-order valence-electron chi connectivity index (χ3n) is 6.50. The normalized spacial score (nSPS) is 17.0. The monoisotopic (exact) mass is 647 g/mol. The van der Waals surface area contributed by atoms with E-state index in [0.29, 0.717) is 24.2 Å². The number of hydrogen-bond acceptors (Lipinski definition) is 7. The average Bonchev–Trinajstić information content (AvgIpc) is 3.44. The van der Waals surface area contributed by atoms with Gasteiger partial charge < -0.3 is 44.0 Å². The Balaban J connectivity index is 0.00000320. The van der Waals surface area contributed by atoms with E-state index in [1.807, 2.05) is 41.3 Å². The molecule has 1 aliphatic heterocycles. The summed E-state index contributed by atoms with van der Waals surface area (Å²) < 4.78 is 3.39. The Labute approximate surface area is 242 Å². The second-order valence-corrected chi connectivity index (χ2v) is 10.7. The first kappa shape index (κ1) is 27.8. The molecule has 37 heavy (non-hydrogen) atoms. The highest BCUT2D eigenvalue weighted by molar-refractivity contribution is 8.03. The lowest BCUT2D eigenvalue weighted by atomic mass is 9.84. The molecule has 0 bridgehead atoms. The Hall–Kier alpha value is -2.18. The SMILES string of the molecule is CCN1/C(=C/C2=C(N(CCO)CCO)C(=C/c3sc4ccccc4[n+]3CC)/C2=O)Sc2ccccc21.[I-]. The van der Waals surface area contributed by atoms with Crippen molar-refractivity contribution in [2.45, 2.75) is 25.3 Å². The van der Waals surface area contributed by atoms with Gasteiger partial charge in [-0.25, -0.2) is 0 Å². The van der Waals surface area contributed by atoms with Gasteiger partial charge in [0, 0.05) is 42.2 Å². The topological polar surface area (TPSA) is 67.9 Å². The van der Waals surface area contributed by atoms with Gasteiger partial charge in [-0.2, -0.15) is 4.57 Å². The van der Waals surface area contributed by atoms with Gasteiger partial charge in [0.1, 0.15) is 11.2 Å². The van der Waals surface area contributed by atoms with E-state index in [1.165, 1.54) is 9.60 Å². The molecule has 0 spiro atoms. The predicted molar refractivity (Wildman–Crippen MR) is 147 cm³/mol. The molecule has 0 atom stereocenters. The van der Waals surface area contributed by atoms with Crippen LogP contribution in [0, 0.1) is 0 Å². The van der Waals surface area contributed by atoms with Crippen molar-refractivity contribution in [2.75, 3.05) is 37.7 Å². The molecule has 194 valence electrons. The van der Waals surface area contributed by atoms with Crippen LogP contribution in [0.3, 0.4) is 0 Å². The van der Waals surface area contributed by atoms with E-state index in [1.54, 1.807) is 23.1 Å². The number of allylic oxidation sites excluding steroid dienone is 3. The number of aromatic nitrogens is 1. The summed E-state index contributed by atoms with van der Waals surface area (Å²) in [6, 6.07) is 16.5. The van der Waals surface area contributed by atoms with Crippen molar-refractivity contribution >= 4 is 50.9 Å². The van der Waals surface area contributed by atoms with Gasteiger partial charge in [0.05, 0.1) is 35.2 Å². The Kier molecular flexibility index (Phi) is 9.12. The lowest BCUT2D eigenvalue weighted by Crippen LogP contribution is -3.00. The minimum Gasteiger partial charge on any atom is -1.00 e. The lowest BCUT2D eigenvalue weighted by Gasteiger charge is -2.35. The van der Waals surface area contributed by atoms with Crippen molar-refractivity contribution in [2.24, 2.45) is 0 Å². The van der Waals surface area contributed by atoms with E-state index in [2.05, 4.69) is 47.6 Å². The van der Waals surface area contributed by atoms with Crippen LogP contribution in [0.4, 0.5) is 5.69 Å². The Morgan fingerprint density at radius 2 is 1.70 bits per heavy atom. The van der Waals surface area contributed by atoms with Crippen LogP contribution < -0.4 is 33.4 Å². The number of aliphatic hydroxyl groups is 2. The van der Waals surface area contributed by atoms with E-state index >= 15 is 0 Å². The van der Waals surface area contributed by atoms with Gasteiger partial charge in [0.2, 0.25) is 5.52 Å². The lowest BCUT2D eigenvalue weighted by molar-refractivity contribution is -0.665. The van der Waals surface area contributed by atoms with Gasteiger partial charge in [-0.15, -0.1) is 0 Å². The maximum atomic E-state index is 13.6. The van der Waals surface area contributed by atoms with Crippen LogP contribution in [0.15, 0.2) is 81.4 Å². The smallest absolute Gasteiger partial charge is 0.263 e. The van der Waals surface area contributed by atoms with E-state index in [9.17, 15) is 15.0 Å². The molecule has 0 unspecified atom stereocenters. The second-order valence-electron chi connectivity index (χ2n) is 8.53. The van der Waals surface area contributed by atoms with E-state index in [-0.39, 0.29) is 43.0 Å². The predicted octanol–water partition coefficient (Wildman–Crippen LogP) is 1.19. The number of aryl methyl sites for hydroxylation is 1. The van der Waals surface area contributed by atoms with Gasteiger partial charge in [0.25, 0.3) is 5.01 Å². The van der Waals surface area contributed by atoms with E-state index < -0.39 is 0 Å². The molecule has 9 heteroatoms. The fourth-order valence-corrected chi connectivity index (χ4v) is 7.19. The molecule has 2 N–H and O–H groups in total. The van der Waals surface area contributed by atoms with Crippen molar-refractivity contribution in [1.82, 2.24) is 4.90 Å². The number of anilines is 1. The molecule has 2 heterocycles. The fourth-order valence-electron chi connectivity index (χ4n) is 4.85. The van der Waals surface area contributed by atoms with E-state index in [4.69, 9.17) is 0 Å². The highest BCUT2D eigenvalue weighted by Gasteiger charge is 2.38. The molecular formula is C28H30IN3O3S2. The maximum Gasteiger partial charge on any atom is 0.263 e. The fraction of sp³-hybridized carbons (Fsp3) is 0.286. The number of thiazole rings is 1. The van der Waals surface area contributed by atoms with Crippen LogP contribution >= 0.6 is 23.1 Å². The largest absolute Gasteiger partial charge is 1.00 e. The van der Waals surface area contributed by atoms with Gasteiger partial charge in [-0.05, 0) is 38.1 Å². The zero-order chi connectivity index (χ0) is 25.2. The van der Waals surface area contributed by atoms with Crippen molar-refractivity contribution in [3.8, 4) is 0 Å². The summed E-state index contributed by atoms with van der Waals surface area (Å²) in [5.41, 5.74) is 4.35. The van der Waals surface area contributed by atoms with Gasteiger partial charge in [0.15, 0.2) is 5.78 Å². The van der Waals surface area contributed by atoms with Crippen molar-refractivity contribution in [3.05, 3.63) is 81.5 Å². The Morgan fingerprint density at radius 1 is 1.00 bits per heavy atom. The van der Waals surface area contributed by atoms with Crippen LogP contribution in [0.1, 0.15) is 18.9 Å². The molecule has 1 aliphatic carbocycles. The number of halogens is 1. The maximum absolute atomic E-state index is 13.6. The van der Waals surface area contributed by atoms with Crippen LogP contribution in [-0.4, -0.2) is 53.7 Å². The zero-order valence-electron chi connectivity index (χ0n) is 20.9. The van der Waals surface area contributed by atoms with Gasteiger partial charge in [-0.3, -0.25) is 4.79 Å². The number of hydrogen-bond donors (Lipinski definition) is 2. The highest BCUT2D eigenvalue weighted by Crippen LogP contribution is 2.47. The number of aliphatic hydroxyl groups excluding tert-OH is 2. The number of ketones is 1. The highest BCUT2D eigenvalue weighted by atomic mass is 127. The number of carbonyl (C=O) groups excluding carboxylic acids is 1. The number of fused-ring (bicyclic) bond motifs is 2. The molecule has 2 aromatic carbocycles. The first-order chi connectivity index (χ1) is 17.6. The summed E-state index contributed by atoms with van der Waals surface area (Å²) in [7, 11) is 0. The molecule has 0 radical (unpaired) electrons. The van der Waals surface area contributed by atoms with Crippen LogP contribution in [-0.2, 0) is 11.3 Å².